The lowest BCUT2D eigenvalue weighted by molar-refractivity contribution is 0.101. The van der Waals surface area contributed by atoms with Crippen molar-refractivity contribution in [2.24, 2.45) is 0 Å². The molecule has 0 radical (unpaired) electrons. The zero-order valence-corrected chi connectivity index (χ0v) is 16.4. The number of carbonyl (C=O) groups excluding carboxylic acids is 1. The van der Waals surface area contributed by atoms with E-state index in [1.54, 1.807) is 11.8 Å². The van der Waals surface area contributed by atoms with Crippen LogP contribution in [-0.4, -0.2) is 28.1 Å². The number of fused-ring (bicyclic) bond motifs is 1. The van der Waals surface area contributed by atoms with E-state index in [1.165, 1.54) is 30.7 Å². The number of nitrogens with one attached hydrogen (secondary N) is 1. The summed E-state index contributed by atoms with van der Waals surface area (Å²) in [4.78, 5) is 23.1. The fraction of sp³-hybridized carbons (Fsp3) is 0.0500. The number of methoxy groups -OCH3 is 1. The molecule has 2 N–H and O–H groups in total. The summed E-state index contributed by atoms with van der Waals surface area (Å²) in [5.41, 5.74) is 0.680. The van der Waals surface area contributed by atoms with Gasteiger partial charge in [0, 0.05) is 22.1 Å². The quantitative estimate of drug-likeness (QED) is 0.492. The molecule has 6 nitrogen and oxygen atoms in total. The van der Waals surface area contributed by atoms with Crippen molar-refractivity contribution in [3.05, 3.63) is 66.5 Å². The van der Waals surface area contributed by atoms with Gasteiger partial charge < -0.3 is 9.84 Å². The molecule has 0 bridgehead atoms. The van der Waals surface area contributed by atoms with Crippen molar-refractivity contribution < 1.29 is 14.6 Å². The Morgan fingerprint density at radius 2 is 1.96 bits per heavy atom. The molecule has 28 heavy (non-hydrogen) atoms. The number of ether oxygens (including phenoxy) is 1. The van der Waals surface area contributed by atoms with Crippen molar-refractivity contribution in [2.75, 3.05) is 12.4 Å². The highest BCUT2D eigenvalue weighted by molar-refractivity contribution is 7.99. The number of rotatable bonds is 5. The number of amides is 1. The van der Waals surface area contributed by atoms with Crippen LogP contribution in [0.5, 0.6) is 11.5 Å². The van der Waals surface area contributed by atoms with E-state index in [1.807, 2.05) is 36.4 Å². The van der Waals surface area contributed by atoms with Crippen molar-refractivity contribution in [3.8, 4) is 11.5 Å². The molecule has 0 aliphatic carbocycles. The smallest absolute Gasteiger partial charge is 0.280 e. The number of anilines is 1. The van der Waals surface area contributed by atoms with E-state index in [0.717, 1.165) is 20.0 Å². The van der Waals surface area contributed by atoms with E-state index in [-0.39, 0.29) is 17.2 Å². The van der Waals surface area contributed by atoms with Crippen LogP contribution >= 0.6 is 23.1 Å². The Bertz CT molecular complexity index is 1150. The van der Waals surface area contributed by atoms with E-state index in [9.17, 15) is 9.90 Å². The summed E-state index contributed by atoms with van der Waals surface area (Å²) >= 11 is 3.03. The minimum Gasteiger partial charge on any atom is -0.503 e. The minimum absolute atomic E-state index is 0.112. The molecule has 0 saturated heterocycles. The van der Waals surface area contributed by atoms with Crippen LogP contribution < -0.4 is 10.1 Å². The summed E-state index contributed by atoms with van der Waals surface area (Å²) in [5, 5.41) is 13.2. The number of benzene rings is 2. The summed E-state index contributed by atoms with van der Waals surface area (Å²) < 4.78 is 5.97. The third-order valence-corrected chi connectivity index (χ3v) is 5.81. The number of aromatic nitrogens is 2. The molecule has 0 spiro atoms. The van der Waals surface area contributed by atoms with Crippen LogP contribution in [0.4, 0.5) is 5.13 Å². The SMILES string of the molecule is COc1ccnc(C(=O)Nc2nc3ccc(Sc4ccccc4)cc3s2)c1O. The molecule has 2 aromatic heterocycles. The molecular formula is C20H15N3O3S2. The molecule has 0 unspecified atom stereocenters. The average molecular weight is 409 g/mol. The Labute approximate surface area is 169 Å². The first-order valence-electron chi connectivity index (χ1n) is 8.31. The lowest BCUT2D eigenvalue weighted by Crippen LogP contribution is -2.13. The lowest BCUT2D eigenvalue weighted by Gasteiger charge is -2.06. The molecule has 1 amide bonds. The molecule has 0 fully saturated rings. The van der Waals surface area contributed by atoms with Gasteiger partial charge in [0.2, 0.25) is 0 Å². The van der Waals surface area contributed by atoms with Crippen molar-refractivity contribution in [1.29, 1.82) is 0 Å². The molecule has 0 saturated carbocycles. The molecule has 0 aliphatic heterocycles. The molecule has 8 heteroatoms. The number of aromatic hydroxyl groups is 1. The van der Waals surface area contributed by atoms with Crippen molar-refractivity contribution in [2.45, 2.75) is 9.79 Å². The molecule has 0 aliphatic rings. The van der Waals surface area contributed by atoms with E-state index >= 15 is 0 Å². The highest BCUT2D eigenvalue weighted by Gasteiger charge is 2.18. The predicted molar refractivity (Wildman–Crippen MR) is 111 cm³/mol. The zero-order chi connectivity index (χ0) is 19.5. The number of hydrogen-bond acceptors (Lipinski definition) is 7. The Morgan fingerprint density at radius 3 is 2.75 bits per heavy atom. The van der Waals surface area contributed by atoms with Gasteiger partial charge in [0.1, 0.15) is 0 Å². The first-order valence-corrected chi connectivity index (χ1v) is 9.94. The maximum Gasteiger partial charge on any atom is 0.280 e. The van der Waals surface area contributed by atoms with Gasteiger partial charge in [0.05, 0.1) is 17.3 Å². The summed E-state index contributed by atoms with van der Waals surface area (Å²) in [5.74, 6) is -0.661. The Morgan fingerprint density at radius 1 is 1.14 bits per heavy atom. The number of thiazole rings is 1. The second-order valence-electron chi connectivity index (χ2n) is 5.73. The number of nitrogens with zero attached hydrogens (tertiary/aromatic N) is 2. The van der Waals surface area contributed by atoms with Gasteiger partial charge >= 0.3 is 0 Å². The van der Waals surface area contributed by atoms with Gasteiger partial charge in [0.15, 0.2) is 22.3 Å². The molecular weight excluding hydrogens is 394 g/mol. The van der Waals surface area contributed by atoms with Gasteiger partial charge in [0.25, 0.3) is 5.91 Å². The highest BCUT2D eigenvalue weighted by Crippen LogP contribution is 2.34. The van der Waals surface area contributed by atoms with Crippen LogP contribution in [0.3, 0.4) is 0 Å². The summed E-state index contributed by atoms with van der Waals surface area (Å²) in [6, 6.07) is 17.6. The summed E-state index contributed by atoms with van der Waals surface area (Å²) in [7, 11) is 1.41. The fourth-order valence-electron chi connectivity index (χ4n) is 2.57. The van der Waals surface area contributed by atoms with Crippen LogP contribution in [0.2, 0.25) is 0 Å². The van der Waals surface area contributed by atoms with Gasteiger partial charge in [-0.05, 0) is 30.3 Å². The molecule has 0 atom stereocenters. The molecule has 2 heterocycles. The van der Waals surface area contributed by atoms with Gasteiger partial charge in [-0.1, -0.05) is 41.3 Å². The number of hydrogen-bond donors (Lipinski definition) is 2. The van der Waals surface area contributed by atoms with Crippen LogP contribution in [0, 0.1) is 0 Å². The van der Waals surface area contributed by atoms with Gasteiger partial charge in [-0.3, -0.25) is 10.1 Å². The normalized spacial score (nSPS) is 10.8. The lowest BCUT2D eigenvalue weighted by atomic mass is 10.3. The predicted octanol–water partition coefficient (Wildman–Crippen LogP) is 4.81. The molecule has 4 rings (SSSR count). The molecule has 140 valence electrons. The van der Waals surface area contributed by atoms with E-state index in [2.05, 4.69) is 27.4 Å². The monoisotopic (exact) mass is 409 g/mol. The van der Waals surface area contributed by atoms with Gasteiger partial charge in [-0.25, -0.2) is 9.97 Å². The standard InChI is InChI=1S/C20H15N3O3S2/c1-26-15-9-10-21-17(18(15)24)19(25)23-20-22-14-8-7-13(11-16(14)28-20)27-12-5-3-2-4-6-12/h2-11,24H,1H3,(H,22,23,25). The maximum absolute atomic E-state index is 12.5. The molecule has 4 aromatic rings. The number of carbonyl (C=O) groups is 1. The van der Waals surface area contributed by atoms with Gasteiger partial charge in [-0.2, -0.15) is 0 Å². The van der Waals surface area contributed by atoms with Crippen molar-refractivity contribution in [1.82, 2.24) is 9.97 Å². The van der Waals surface area contributed by atoms with Crippen molar-refractivity contribution >= 4 is 44.4 Å². The van der Waals surface area contributed by atoms with Gasteiger partial charge in [-0.15, -0.1) is 0 Å². The van der Waals surface area contributed by atoms with Crippen LogP contribution in [-0.2, 0) is 0 Å². The fourth-order valence-corrected chi connectivity index (χ4v) is 4.42. The highest BCUT2D eigenvalue weighted by atomic mass is 32.2. The van der Waals surface area contributed by atoms with Crippen LogP contribution in [0.1, 0.15) is 10.5 Å². The topological polar surface area (TPSA) is 84.3 Å². The first-order chi connectivity index (χ1) is 13.6. The van der Waals surface area contributed by atoms with Crippen LogP contribution in [0.25, 0.3) is 10.2 Å². The molecule has 2 aromatic carbocycles. The third-order valence-electron chi connectivity index (χ3n) is 3.88. The average Bonchev–Trinajstić information content (AvgIpc) is 3.10. The Kier molecular flexibility index (Phi) is 5.14. The van der Waals surface area contributed by atoms with E-state index < -0.39 is 5.91 Å². The largest absolute Gasteiger partial charge is 0.503 e. The van der Waals surface area contributed by atoms with Crippen LogP contribution in [0.15, 0.2) is 70.6 Å². The summed E-state index contributed by atoms with van der Waals surface area (Å²) in [6.07, 6.45) is 1.40. The Hall–Kier alpha value is -3.10. The zero-order valence-electron chi connectivity index (χ0n) is 14.7. The Balaban J connectivity index is 1.56. The number of pyridine rings is 1. The second-order valence-corrected chi connectivity index (χ2v) is 7.91. The minimum atomic E-state index is -0.547. The van der Waals surface area contributed by atoms with Crippen molar-refractivity contribution in [3.63, 3.8) is 0 Å². The van der Waals surface area contributed by atoms with E-state index in [4.69, 9.17) is 4.74 Å². The first kappa shape index (κ1) is 18.3. The second kappa shape index (κ2) is 7.87. The summed E-state index contributed by atoms with van der Waals surface area (Å²) in [6.45, 7) is 0. The third kappa shape index (κ3) is 3.78. The van der Waals surface area contributed by atoms with E-state index in [0.29, 0.717) is 5.13 Å². The maximum atomic E-state index is 12.5.